The van der Waals surface area contributed by atoms with Crippen LogP contribution < -0.4 is 5.32 Å². The normalized spacial score (nSPS) is 14.7. The molecule has 7 heteroatoms. The molecule has 1 aliphatic rings. The third-order valence-corrected chi connectivity index (χ3v) is 6.25. The fourth-order valence-electron chi connectivity index (χ4n) is 3.71. The predicted octanol–water partition coefficient (Wildman–Crippen LogP) is 5.70. The van der Waals surface area contributed by atoms with Crippen LogP contribution >= 0.6 is 23.4 Å². The molecule has 1 aromatic heterocycles. The second-order valence-corrected chi connectivity index (χ2v) is 8.57. The monoisotopic (exact) mass is 426 g/mol. The molecule has 0 saturated heterocycles. The molecule has 1 saturated carbocycles. The average molecular weight is 427 g/mol. The Bertz CT molecular complexity index is 970. The van der Waals surface area contributed by atoms with E-state index in [1.807, 2.05) is 30.3 Å². The van der Waals surface area contributed by atoms with E-state index in [1.54, 1.807) is 12.1 Å². The highest BCUT2D eigenvalue weighted by molar-refractivity contribution is 7.99. The van der Waals surface area contributed by atoms with Crippen LogP contribution in [0.15, 0.2) is 59.8 Å². The van der Waals surface area contributed by atoms with Crippen molar-refractivity contribution in [3.63, 3.8) is 0 Å². The molecule has 0 unspecified atom stereocenters. The number of para-hydroxylation sites is 1. The lowest BCUT2D eigenvalue weighted by atomic mass is 9.88. The lowest BCUT2D eigenvalue weighted by Crippen LogP contribution is -2.15. The van der Waals surface area contributed by atoms with Gasteiger partial charge in [-0.3, -0.25) is 9.36 Å². The van der Waals surface area contributed by atoms with Crippen LogP contribution in [-0.4, -0.2) is 26.4 Å². The van der Waals surface area contributed by atoms with Gasteiger partial charge in [0.25, 0.3) is 0 Å². The number of rotatable bonds is 6. The van der Waals surface area contributed by atoms with Crippen molar-refractivity contribution in [3.05, 3.63) is 65.4 Å². The Labute approximate surface area is 179 Å². The minimum Gasteiger partial charge on any atom is -0.325 e. The second-order valence-electron chi connectivity index (χ2n) is 7.19. The number of nitrogens with zero attached hydrogens (tertiary/aromatic N) is 3. The van der Waals surface area contributed by atoms with Crippen LogP contribution in [0.1, 0.15) is 43.8 Å². The van der Waals surface area contributed by atoms with Gasteiger partial charge in [-0.25, -0.2) is 0 Å². The Balaban J connectivity index is 1.52. The Morgan fingerprint density at radius 3 is 2.62 bits per heavy atom. The van der Waals surface area contributed by atoms with Crippen molar-refractivity contribution < 1.29 is 4.79 Å². The summed E-state index contributed by atoms with van der Waals surface area (Å²) in [5.41, 5.74) is 1.73. The molecule has 0 spiro atoms. The molecule has 150 valence electrons. The van der Waals surface area contributed by atoms with Crippen LogP contribution in [0.25, 0.3) is 5.69 Å². The fraction of sp³-hybridized carbons (Fsp3) is 0.318. The lowest BCUT2D eigenvalue weighted by Gasteiger charge is -2.22. The van der Waals surface area contributed by atoms with Gasteiger partial charge in [0, 0.05) is 22.3 Å². The molecule has 1 fully saturated rings. The largest absolute Gasteiger partial charge is 0.325 e. The highest BCUT2D eigenvalue weighted by Crippen LogP contribution is 2.34. The molecule has 2 aromatic carbocycles. The van der Waals surface area contributed by atoms with Crippen LogP contribution in [0, 0.1) is 0 Å². The standard InChI is InChI=1S/C22H23ClN4OS/c23-17-10-7-11-18(14-17)24-20(28)15-29-22-26-25-21(16-8-3-1-4-9-16)27(22)19-12-5-2-6-13-19/h2,5-7,10-14,16H,1,3-4,8-9,15H2,(H,24,28). The molecular weight excluding hydrogens is 404 g/mol. The predicted molar refractivity (Wildman–Crippen MR) is 118 cm³/mol. The van der Waals surface area contributed by atoms with Crippen molar-refractivity contribution in [2.24, 2.45) is 0 Å². The zero-order valence-electron chi connectivity index (χ0n) is 16.1. The van der Waals surface area contributed by atoms with Gasteiger partial charge in [-0.15, -0.1) is 10.2 Å². The van der Waals surface area contributed by atoms with Crippen LogP contribution in [0.3, 0.4) is 0 Å². The maximum absolute atomic E-state index is 12.4. The van der Waals surface area contributed by atoms with Gasteiger partial charge in [-0.2, -0.15) is 0 Å². The van der Waals surface area contributed by atoms with Crippen molar-refractivity contribution >= 4 is 35.0 Å². The minimum atomic E-state index is -0.0981. The summed E-state index contributed by atoms with van der Waals surface area (Å²) >= 11 is 7.39. The number of benzene rings is 2. The molecule has 0 atom stereocenters. The van der Waals surface area contributed by atoms with Gasteiger partial charge < -0.3 is 5.32 Å². The first-order valence-corrected chi connectivity index (χ1v) is 11.3. The molecule has 5 nitrogen and oxygen atoms in total. The van der Waals surface area contributed by atoms with E-state index in [1.165, 1.54) is 31.0 Å². The molecule has 3 aromatic rings. The van der Waals surface area contributed by atoms with E-state index in [4.69, 9.17) is 11.6 Å². The van der Waals surface area contributed by atoms with Gasteiger partial charge in [-0.05, 0) is 43.2 Å². The fourth-order valence-corrected chi connectivity index (χ4v) is 4.66. The summed E-state index contributed by atoms with van der Waals surface area (Å²) < 4.78 is 2.12. The summed E-state index contributed by atoms with van der Waals surface area (Å²) in [5, 5.41) is 13.2. The summed E-state index contributed by atoms with van der Waals surface area (Å²) in [7, 11) is 0. The molecule has 0 bridgehead atoms. The molecule has 29 heavy (non-hydrogen) atoms. The molecule has 1 N–H and O–H groups in total. The lowest BCUT2D eigenvalue weighted by molar-refractivity contribution is -0.113. The van der Waals surface area contributed by atoms with Gasteiger partial charge in [-0.1, -0.05) is 66.9 Å². The molecular formula is C22H23ClN4OS. The van der Waals surface area contributed by atoms with Crippen molar-refractivity contribution in [2.75, 3.05) is 11.1 Å². The van der Waals surface area contributed by atoms with E-state index in [-0.39, 0.29) is 11.7 Å². The topological polar surface area (TPSA) is 59.8 Å². The summed E-state index contributed by atoms with van der Waals surface area (Å²) in [6, 6.07) is 17.3. The Hall–Kier alpha value is -2.31. The minimum absolute atomic E-state index is 0.0981. The quantitative estimate of drug-likeness (QED) is 0.513. The molecule has 0 radical (unpaired) electrons. The Morgan fingerprint density at radius 1 is 1.07 bits per heavy atom. The third-order valence-electron chi connectivity index (χ3n) is 5.08. The van der Waals surface area contributed by atoms with Gasteiger partial charge >= 0.3 is 0 Å². The average Bonchev–Trinajstić information content (AvgIpc) is 3.17. The molecule has 1 amide bonds. The van der Waals surface area contributed by atoms with Gasteiger partial charge in [0.2, 0.25) is 5.91 Å². The highest BCUT2D eigenvalue weighted by atomic mass is 35.5. The number of hydrogen-bond acceptors (Lipinski definition) is 4. The third kappa shape index (κ3) is 5.00. The van der Waals surface area contributed by atoms with E-state index in [9.17, 15) is 4.79 Å². The Kier molecular flexibility index (Phi) is 6.52. The summed E-state index contributed by atoms with van der Waals surface area (Å²) in [6.07, 6.45) is 6.05. The van der Waals surface area contributed by atoms with Crippen LogP contribution in [-0.2, 0) is 4.79 Å². The number of nitrogens with one attached hydrogen (secondary N) is 1. The Morgan fingerprint density at radius 2 is 1.86 bits per heavy atom. The zero-order valence-corrected chi connectivity index (χ0v) is 17.6. The molecule has 4 rings (SSSR count). The maximum Gasteiger partial charge on any atom is 0.234 e. The SMILES string of the molecule is O=C(CSc1nnc(C2CCCCC2)n1-c1ccccc1)Nc1cccc(Cl)c1. The summed E-state index contributed by atoms with van der Waals surface area (Å²) in [6.45, 7) is 0. The van der Waals surface area contributed by atoms with Crippen molar-refractivity contribution in [1.82, 2.24) is 14.8 Å². The first-order chi connectivity index (χ1) is 14.2. The zero-order chi connectivity index (χ0) is 20.1. The highest BCUT2D eigenvalue weighted by Gasteiger charge is 2.24. The van der Waals surface area contributed by atoms with Gasteiger partial charge in [0.05, 0.1) is 5.75 Å². The number of amides is 1. The van der Waals surface area contributed by atoms with E-state index >= 15 is 0 Å². The number of hydrogen-bond donors (Lipinski definition) is 1. The second kappa shape index (κ2) is 9.46. The first-order valence-electron chi connectivity index (χ1n) is 9.89. The van der Waals surface area contributed by atoms with E-state index < -0.39 is 0 Å². The summed E-state index contributed by atoms with van der Waals surface area (Å²) in [5.74, 6) is 1.58. The van der Waals surface area contributed by atoms with Crippen LogP contribution in [0.5, 0.6) is 0 Å². The van der Waals surface area contributed by atoms with E-state index in [2.05, 4.69) is 32.2 Å². The van der Waals surface area contributed by atoms with Crippen molar-refractivity contribution in [1.29, 1.82) is 0 Å². The molecule has 0 aliphatic heterocycles. The van der Waals surface area contributed by atoms with Crippen molar-refractivity contribution in [2.45, 2.75) is 43.2 Å². The molecule has 1 aliphatic carbocycles. The number of carbonyl (C=O) groups is 1. The number of aromatic nitrogens is 3. The van der Waals surface area contributed by atoms with E-state index in [0.29, 0.717) is 16.6 Å². The number of halogens is 1. The smallest absolute Gasteiger partial charge is 0.234 e. The number of anilines is 1. The molecule has 1 heterocycles. The number of thioether (sulfide) groups is 1. The number of carbonyl (C=O) groups excluding carboxylic acids is 1. The van der Waals surface area contributed by atoms with Crippen LogP contribution in [0.2, 0.25) is 5.02 Å². The van der Waals surface area contributed by atoms with Crippen LogP contribution in [0.4, 0.5) is 5.69 Å². The summed E-state index contributed by atoms with van der Waals surface area (Å²) in [4.78, 5) is 12.4. The first kappa shape index (κ1) is 20.0. The maximum atomic E-state index is 12.4. The van der Waals surface area contributed by atoms with Crippen molar-refractivity contribution in [3.8, 4) is 5.69 Å². The van der Waals surface area contributed by atoms with Gasteiger partial charge in [0.1, 0.15) is 5.82 Å². The van der Waals surface area contributed by atoms with Gasteiger partial charge in [0.15, 0.2) is 5.16 Å². The van der Waals surface area contributed by atoms with E-state index in [0.717, 1.165) is 29.5 Å².